The predicted octanol–water partition coefficient (Wildman–Crippen LogP) is 3.76. The van der Waals surface area contributed by atoms with Gasteiger partial charge in [0.2, 0.25) is 0 Å². The third-order valence-corrected chi connectivity index (χ3v) is 3.57. The smallest absolute Gasteiger partial charge is 0.126 e. The fourth-order valence-electron chi connectivity index (χ4n) is 2.40. The van der Waals surface area contributed by atoms with Gasteiger partial charge in [-0.25, -0.2) is 4.98 Å². The summed E-state index contributed by atoms with van der Waals surface area (Å²) in [5.41, 5.74) is 9.23. The molecule has 1 aromatic heterocycles. The molecule has 102 valence electrons. The second-order valence-corrected chi connectivity index (χ2v) is 5.40. The number of hydrogen-bond acceptors (Lipinski definition) is 2. The minimum Gasteiger partial charge on any atom is -0.322 e. The van der Waals surface area contributed by atoms with E-state index in [2.05, 4.69) is 21.7 Å². The molecule has 0 saturated heterocycles. The lowest BCUT2D eigenvalue weighted by Crippen LogP contribution is -2.14. The average molecular weight is 286 g/mol. The van der Waals surface area contributed by atoms with Crippen LogP contribution in [0.3, 0.4) is 0 Å². The van der Waals surface area contributed by atoms with Crippen LogP contribution >= 0.6 is 11.6 Å². The van der Waals surface area contributed by atoms with Gasteiger partial charge < -0.3 is 10.3 Å². The van der Waals surface area contributed by atoms with Crippen LogP contribution < -0.4 is 5.73 Å². The normalized spacial score (nSPS) is 12.8. The number of fused-ring (bicyclic) bond motifs is 1. The predicted molar refractivity (Wildman–Crippen MR) is 82.9 cm³/mol. The molecule has 0 saturated carbocycles. The van der Waals surface area contributed by atoms with Crippen LogP contribution in [-0.4, -0.2) is 9.55 Å². The molecular formula is C16H16ClN3. The molecule has 0 spiro atoms. The summed E-state index contributed by atoms with van der Waals surface area (Å²) in [5.74, 6) is 0.881. The lowest BCUT2D eigenvalue weighted by molar-refractivity contribution is 0.664. The lowest BCUT2D eigenvalue weighted by atomic mass is 10.2. The van der Waals surface area contributed by atoms with Crippen molar-refractivity contribution in [3.63, 3.8) is 0 Å². The Kier molecular flexibility index (Phi) is 3.47. The maximum atomic E-state index is 6.05. The summed E-state index contributed by atoms with van der Waals surface area (Å²) in [6.45, 7) is 2.71. The highest BCUT2D eigenvalue weighted by Crippen LogP contribution is 2.24. The topological polar surface area (TPSA) is 43.8 Å². The molecule has 0 amide bonds. The molecule has 1 unspecified atom stereocenters. The van der Waals surface area contributed by atoms with E-state index < -0.39 is 0 Å². The van der Waals surface area contributed by atoms with Crippen LogP contribution in [0.4, 0.5) is 0 Å². The van der Waals surface area contributed by atoms with Crippen molar-refractivity contribution in [1.29, 1.82) is 0 Å². The molecule has 0 aliphatic carbocycles. The van der Waals surface area contributed by atoms with E-state index in [9.17, 15) is 0 Å². The van der Waals surface area contributed by atoms with Gasteiger partial charge in [0.15, 0.2) is 0 Å². The van der Waals surface area contributed by atoms with Gasteiger partial charge in [-0.1, -0.05) is 41.9 Å². The standard InChI is InChI=1S/C16H16ClN3/c1-11(18)16-19-14-9-13(17)7-8-15(14)20(16)10-12-5-3-2-4-6-12/h2-9,11H,10,18H2,1H3. The molecule has 0 aliphatic heterocycles. The maximum Gasteiger partial charge on any atom is 0.126 e. The van der Waals surface area contributed by atoms with Crippen LogP contribution in [0.5, 0.6) is 0 Å². The number of rotatable bonds is 3. The zero-order valence-corrected chi connectivity index (χ0v) is 12.0. The van der Waals surface area contributed by atoms with Crippen molar-refractivity contribution in [2.75, 3.05) is 0 Å². The zero-order valence-electron chi connectivity index (χ0n) is 11.3. The molecule has 1 heterocycles. The number of nitrogens with zero attached hydrogens (tertiary/aromatic N) is 2. The average Bonchev–Trinajstić information content (AvgIpc) is 2.78. The minimum atomic E-state index is -0.120. The summed E-state index contributed by atoms with van der Waals surface area (Å²) in [6, 6.07) is 15.9. The molecule has 2 N–H and O–H groups in total. The van der Waals surface area contributed by atoms with Crippen molar-refractivity contribution in [1.82, 2.24) is 9.55 Å². The van der Waals surface area contributed by atoms with Gasteiger partial charge >= 0.3 is 0 Å². The summed E-state index contributed by atoms with van der Waals surface area (Å²) in [6.07, 6.45) is 0. The third kappa shape index (κ3) is 2.42. The molecule has 0 fully saturated rings. The van der Waals surface area contributed by atoms with Crippen molar-refractivity contribution in [3.8, 4) is 0 Å². The fraction of sp³-hybridized carbons (Fsp3) is 0.188. The first-order valence-corrected chi connectivity index (χ1v) is 6.98. The Morgan fingerprint density at radius 3 is 2.65 bits per heavy atom. The van der Waals surface area contributed by atoms with Gasteiger partial charge in [-0.05, 0) is 30.7 Å². The Hall–Kier alpha value is -1.84. The number of halogens is 1. The summed E-state index contributed by atoms with van der Waals surface area (Å²) >= 11 is 6.04. The van der Waals surface area contributed by atoms with E-state index in [0.717, 1.165) is 23.4 Å². The summed E-state index contributed by atoms with van der Waals surface area (Å²) in [7, 11) is 0. The van der Waals surface area contributed by atoms with Crippen molar-refractivity contribution in [2.24, 2.45) is 5.73 Å². The highest BCUT2D eigenvalue weighted by Gasteiger charge is 2.14. The first kappa shape index (κ1) is 13.2. The number of imidazole rings is 1. The zero-order chi connectivity index (χ0) is 14.1. The number of nitrogens with two attached hydrogens (primary N) is 1. The van der Waals surface area contributed by atoms with E-state index in [-0.39, 0.29) is 6.04 Å². The quantitative estimate of drug-likeness (QED) is 0.796. The molecule has 2 aromatic carbocycles. The Balaban J connectivity index is 2.14. The van der Waals surface area contributed by atoms with E-state index in [1.165, 1.54) is 5.56 Å². The maximum absolute atomic E-state index is 6.05. The second-order valence-electron chi connectivity index (χ2n) is 4.96. The Bertz CT molecular complexity index is 732. The lowest BCUT2D eigenvalue weighted by Gasteiger charge is -2.11. The van der Waals surface area contributed by atoms with E-state index >= 15 is 0 Å². The van der Waals surface area contributed by atoms with Crippen LogP contribution in [-0.2, 0) is 6.54 Å². The molecular weight excluding hydrogens is 270 g/mol. The van der Waals surface area contributed by atoms with Gasteiger partial charge in [0.1, 0.15) is 5.82 Å². The first-order chi connectivity index (χ1) is 9.65. The van der Waals surface area contributed by atoms with Gasteiger partial charge in [0, 0.05) is 11.6 Å². The number of hydrogen-bond donors (Lipinski definition) is 1. The Morgan fingerprint density at radius 1 is 1.20 bits per heavy atom. The Morgan fingerprint density at radius 2 is 1.95 bits per heavy atom. The molecule has 1 atom stereocenters. The van der Waals surface area contributed by atoms with E-state index in [0.29, 0.717) is 5.02 Å². The van der Waals surface area contributed by atoms with Crippen LogP contribution in [0.1, 0.15) is 24.4 Å². The molecule has 4 heteroatoms. The van der Waals surface area contributed by atoms with Crippen LogP contribution in [0.2, 0.25) is 5.02 Å². The van der Waals surface area contributed by atoms with Gasteiger partial charge in [-0.2, -0.15) is 0 Å². The largest absolute Gasteiger partial charge is 0.322 e. The summed E-state index contributed by atoms with van der Waals surface area (Å²) < 4.78 is 2.16. The van der Waals surface area contributed by atoms with Crippen molar-refractivity contribution >= 4 is 22.6 Å². The minimum absolute atomic E-state index is 0.120. The Labute approximate surface area is 123 Å². The van der Waals surface area contributed by atoms with Crippen LogP contribution in [0, 0.1) is 0 Å². The van der Waals surface area contributed by atoms with Crippen molar-refractivity contribution < 1.29 is 0 Å². The summed E-state index contributed by atoms with van der Waals surface area (Å²) in [4.78, 5) is 4.62. The number of aromatic nitrogens is 2. The van der Waals surface area contributed by atoms with E-state index in [1.54, 1.807) is 0 Å². The molecule has 0 aliphatic rings. The molecule has 3 aromatic rings. The highest BCUT2D eigenvalue weighted by molar-refractivity contribution is 6.31. The van der Waals surface area contributed by atoms with Crippen LogP contribution in [0.25, 0.3) is 11.0 Å². The van der Waals surface area contributed by atoms with Gasteiger partial charge in [0.25, 0.3) is 0 Å². The SMILES string of the molecule is CC(N)c1nc2cc(Cl)ccc2n1Cc1ccccc1. The summed E-state index contributed by atoms with van der Waals surface area (Å²) in [5, 5.41) is 0.693. The number of benzene rings is 2. The molecule has 0 bridgehead atoms. The van der Waals surface area contributed by atoms with Gasteiger partial charge in [-0.3, -0.25) is 0 Å². The molecule has 0 radical (unpaired) electrons. The third-order valence-electron chi connectivity index (χ3n) is 3.33. The van der Waals surface area contributed by atoms with E-state index in [1.807, 2.05) is 43.3 Å². The molecule has 3 nitrogen and oxygen atoms in total. The fourth-order valence-corrected chi connectivity index (χ4v) is 2.57. The highest BCUT2D eigenvalue weighted by atomic mass is 35.5. The monoisotopic (exact) mass is 285 g/mol. The second kappa shape index (κ2) is 5.27. The van der Waals surface area contributed by atoms with Crippen LogP contribution in [0.15, 0.2) is 48.5 Å². The molecule has 20 heavy (non-hydrogen) atoms. The van der Waals surface area contributed by atoms with E-state index in [4.69, 9.17) is 17.3 Å². The van der Waals surface area contributed by atoms with Gasteiger partial charge in [0.05, 0.1) is 17.1 Å². The van der Waals surface area contributed by atoms with Crippen molar-refractivity contribution in [2.45, 2.75) is 19.5 Å². The first-order valence-electron chi connectivity index (χ1n) is 6.60. The van der Waals surface area contributed by atoms with Crippen molar-refractivity contribution in [3.05, 3.63) is 64.9 Å². The molecule has 3 rings (SSSR count). The van der Waals surface area contributed by atoms with Gasteiger partial charge in [-0.15, -0.1) is 0 Å².